The highest BCUT2D eigenvalue weighted by Crippen LogP contribution is 2.32. The molecule has 1 N–H and O–H groups in total. The number of benzene rings is 4. The van der Waals surface area contributed by atoms with E-state index in [1.807, 2.05) is 110 Å². The van der Waals surface area contributed by atoms with Crippen molar-refractivity contribution >= 4 is 63.1 Å². The molecule has 0 saturated heterocycles. The van der Waals surface area contributed by atoms with Crippen LogP contribution in [0.3, 0.4) is 0 Å². The Morgan fingerprint density at radius 1 is 1.00 bits per heavy atom. The highest BCUT2D eigenvalue weighted by Gasteiger charge is 2.32. The number of carbonyl (C=O) groups is 1. The second kappa shape index (κ2) is 12.7. The lowest BCUT2D eigenvalue weighted by molar-refractivity contribution is -0.113. The zero-order valence-corrected chi connectivity index (χ0v) is 27.7. The molecule has 0 fully saturated rings. The van der Waals surface area contributed by atoms with Crippen molar-refractivity contribution in [1.82, 2.24) is 9.13 Å². The quantitative estimate of drug-likeness (QED) is 0.194. The molecule has 6 aromatic rings. The van der Waals surface area contributed by atoms with Gasteiger partial charge in [-0.05, 0) is 66.6 Å². The SMILES string of the molecule is COc1ccc([C@@H]2C(C(=O)Nc3ccccc3)=C(C)N=c3s/c(=C/c4cn(Cc5ccc(Cl)cc5Cl)c5ccccc45)c(=O)n32)cc1. The van der Waals surface area contributed by atoms with Gasteiger partial charge in [0.2, 0.25) is 0 Å². The maximum atomic E-state index is 14.3. The molecule has 2 aromatic heterocycles. The van der Waals surface area contributed by atoms with Crippen LogP contribution in [0.4, 0.5) is 5.69 Å². The zero-order valence-electron chi connectivity index (χ0n) is 25.4. The lowest BCUT2D eigenvalue weighted by atomic mass is 9.95. The van der Waals surface area contributed by atoms with Crippen LogP contribution in [0.15, 0.2) is 124 Å². The van der Waals surface area contributed by atoms with Crippen molar-refractivity contribution in [3.05, 3.63) is 161 Å². The van der Waals surface area contributed by atoms with Gasteiger partial charge in [-0.3, -0.25) is 14.2 Å². The highest BCUT2D eigenvalue weighted by molar-refractivity contribution is 7.07. The number of rotatable bonds is 7. The number of fused-ring (bicyclic) bond motifs is 2. The van der Waals surface area contributed by atoms with E-state index in [4.69, 9.17) is 32.9 Å². The second-order valence-electron chi connectivity index (χ2n) is 11.1. The summed E-state index contributed by atoms with van der Waals surface area (Å²) in [5.74, 6) is 0.352. The van der Waals surface area contributed by atoms with Gasteiger partial charge in [-0.1, -0.05) is 89.1 Å². The van der Waals surface area contributed by atoms with Crippen LogP contribution < -0.4 is 24.9 Å². The third-order valence-electron chi connectivity index (χ3n) is 8.19. The molecular formula is C37H28Cl2N4O3S. The average Bonchev–Trinajstić information content (AvgIpc) is 3.58. The topological polar surface area (TPSA) is 77.6 Å². The minimum Gasteiger partial charge on any atom is -0.497 e. The van der Waals surface area contributed by atoms with Crippen molar-refractivity contribution in [2.75, 3.05) is 12.4 Å². The largest absolute Gasteiger partial charge is 0.497 e. The summed E-state index contributed by atoms with van der Waals surface area (Å²) in [5.41, 5.74) is 4.95. The Hall–Kier alpha value is -4.89. The molecule has 0 unspecified atom stereocenters. The number of aromatic nitrogens is 2. The van der Waals surface area contributed by atoms with Crippen LogP contribution in [0, 0.1) is 0 Å². The van der Waals surface area contributed by atoms with E-state index < -0.39 is 6.04 Å². The van der Waals surface area contributed by atoms with Crippen molar-refractivity contribution in [2.45, 2.75) is 19.5 Å². The number of allylic oxidation sites excluding steroid dienone is 1. The first-order valence-corrected chi connectivity index (χ1v) is 16.4. The maximum absolute atomic E-state index is 14.3. The molecule has 3 heterocycles. The number of nitrogens with one attached hydrogen (secondary N) is 1. The number of carbonyl (C=O) groups excluding carboxylic acids is 1. The minimum absolute atomic E-state index is 0.232. The van der Waals surface area contributed by atoms with Crippen molar-refractivity contribution in [2.24, 2.45) is 4.99 Å². The predicted octanol–water partition coefficient (Wildman–Crippen LogP) is 7.19. The molecule has 0 saturated carbocycles. The number of anilines is 1. The molecule has 7 rings (SSSR count). The standard InChI is InChI=1S/C37H28Cl2N4O3S/c1-22-33(35(44)41-27-8-4-3-5-9-27)34(23-13-16-28(46-2)17-14-23)43-36(45)32(47-37(43)40-22)18-25-21-42(31-11-7-6-10-29(25)31)20-24-12-15-26(38)19-30(24)39/h3-19,21,34H,20H2,1-2H3,(H,41,44)/b32-18+/t34-/m1/s1. The maximum Gasteiger partial charge on any atom is 0.271 e. The fourth-order valence-corrected chi connectivity index (χ4v) is 7.43. The molecule has 1 aliphatic rings. The Kier molecular flexibility index (Phi) is 8.32. The van der Waals surface area contributed by atoms with Gasteiger partial charge < -0.3 is 14.6 Å². The predicted molar refractivity (Wildman–Crippen MR) is 189 cm³/mol. The number of methoxy groups -OCH3 is 1. The summed E-state index contributed by atoms with van der Waals surface area (Å²) in [4.78, 5) is 33.5. The lowest BCUT2D eigenvalue weighted by Crippen LogP contribution is -2.40. The smallest absolute Gasteiger partial charge is 0.271 e. The number of para-hydroxylation sites is 2. The number of ether oxygens (including phenoxy) is 1. The van der Waals surface area contributed by atoms with E-state index in [2.05, 4.69) is 9.88 Å². The summed E-state index contributed by atoms with van der Waals surface area (Å²) >= 11 is 14.0. The Labute approximate surface area is 284 Å². The number of hydrogen-bond acceptors (Lipinski definition) is 5. The molecule has 1 aliphatic heterocycles. The Balaban J connectivity index is 1.35. The molecule has 1 atom stereocenters. The van der Waals surface area contributed by atoms with Gasteiger partial charge in [-0.25, -0.2) is 4.99 Å². The monoisotopic (exact) mass is 678 g/mol. The van der Waals surface area contributed by atoms with Crippen molar-refractivity contribution in [1.29, 1.82) is 0 Å². The van der Waals surface area contributed by atoms with Crippen LogP contribution in [0.2, 0.25) is 10.0 Å². The van der Waals surface area contributed by atoms with E-state index >= 15 is 0 Å². The molecule has 4 aromatic carbocycles. The van der Waals surface area contributed by atoms with Crippen molar-refractivity contribution in [3.63, 3.8) is 0 Å². The molecule has 0 aliphatic carbocycles. The minimum atomic E-state index is -0.698. The Morgan fingerprint density at radius 2 is 1.74 bits per heavy atom. The zero-order chi connectivity index (χ0) is 32.7. The fourth-order valence-electron chi connectivity index (χ4n) is 5.93. The Bertz CT molecular complexity index is 2370. The van der Waals surface area contributed by atoms with Crippen molar-refractivity contribution in [3.8, 4) is 5.75 Å². The molecule has 47 heavy (non-hydrogen) atoms. The van der Waals surface area contributed by atoms with Gasteiger partial charge in [-0.2, -0.15) is 0 Å². The van der Waals surface area contributed by atoms with Gasteiger partial charge in [0.15, 0.2) is 4.80 Å². The van der Waals surface area contributed by atoms with Gasteiger partial charge in [-0.15, -0.1) is 0 Å². The van der Waals surface area contributed by atoms with Crippen molar-refractivity contribution < 1.29 is 9.53 Å². The van der Waals surface area contributed by atoms with Crippen LogP contribution in [0.5, 0.6) is 5.75 Å². The molecule has 7 nitrogen and oxygen atoms in total. The van der Waals surface area contributed by atoms with Gasteiger partial charge >= 0.3 is 0 Å². The van der Waals surface area contributed by atoms with Crippen LogP contribution >= 0.6 is 34.5 Å². The van der Waals surface area contributed by atoms with Gasteiger partial charge in [0.1, 0.15) is 5.75 Å². The normalized spacial score (nSPS) is 14.6. The first-order chi connectivity index (χ1) is 22.8. The number of nitrogens with zero attached hydrogens (tertiary/aromatic N) is 3. The third kappa shape index (κ3) is 5.91. The van der Waals surface area contributed by atoms with E-state index in [0.29, 0.717) is 48.6 Å². The molecule has 0 radical (unpaired) electrons. The molecular weight excluding hydrogens is 651 g/mol. The number of amides is 1. The summed E-state index contributed by atoms with van der Waals surface area (Å²) in [5, 5.41) is 5.15. The summed E-state index contributed by atoms with van der Waals surface area (Å²) in [6.45, 7) is 2.34. The van der Waals surface area contributed by atoms with Crippen LogP contribution in [-0.4, -0.2) is 22.2 Å². The molecule has 0 bridgehead atoms. The average molecular weight is 680 g/mol. The van der Waals surface area contributed by atoms with E-state index in [1.54, 1.807) is 17.7 Å². The van der Waals surface area contributed by atoms with Crippen LogP contribution in [0.25, 0.3) is 17.0 Å². The van der Waals surface area contributed by atoms with Crippen LogP contribution in [0.1, 0.15) is 29.7 Å². The summed E-state index contributed by atoms with van der Waals surface area (Å²) in [6.07, 6.45) is 3.93. The van der Waals surface area contributed by atoms with E-state index in [0.717, 1.165) is 27.6 Å². The molecule has 234 valence electrons. The molecule has 10 heteroatoms. The van der Waals surface area contributed by atoms with Gasteiger partial charge in [0, 0.05) is 44.9 Å². The summed E-state index contributed by atoms with van der Waals surface area (Å²) < 4.78 is 9.63. The van der Waals surface area contributed by atoms with Crippen LogP contribution in [-0.2, 0) is 11.3 Å². The van der Waals surface area contributed by atoms with E-state index in [-0.39, 0.29) is 11.5 Å². The summed E-state index contributed by atoms with van der Waals surface area (Å²) in [6, 6.07) is 29.5. The van der Waals surface area contributed by atoms with Gasteiger partial charge in [0.25, 0.3) is 11.5 Å². The highest BCUT2D eigenvalue weighted by atomic mass is 35.5. The first kappa shape index (κ1) is 30.7. The number of thiazole rings is 1. The summed E-state index contributed by atoms with van der Waals surface area (Å²) in [7, 11) is 1.60. The fraction of sp³-hybridized carbons (Fsp3) is 0.108. The second-order valence-corrected chi connectivity index (χ2v) is 13.0. The van der Waals surface area contributed by atoms with Gasteiger partial charge in [0.05, 0.1) is 29.0 Å². The molecule has 0 spiro atoms. The third-order valence-corrected chi connectivity index (χ3v) is 9.76. The van der Waals surface area contributed by atoms with E-state index in [9.17, 15) is 9.59 Å². The number of hydrogen-bond donors (Lipinski definition) is 1. The van der Waals surface area contributed by atoms with E-state index in [1.165, 1.54) is 11.3 Å². The lowest BCUT2D eigenvalue weighted by Gasteiger charge is -2.25. The Morgan fingerprint density at radius 3 is 2.49 bits per heavy atom. The first-order valence-electron chi connectivity index (χ1n) is 14.9. The molecule has 1 amide bonds. The number of halogens is 2.